The van der Waals surface area contributed by atoms with Crippen LogP contribution in [-0.2, 0) is 27.4 Å². The van der Waals surface area contributed by atoms with Crippen LogP contribution in [0.1, 0.15) is 16.7 Å². The summed E-state index contributed by atoms with van der Waals surface area (Å²) in [7, 11) is 4.97. The smallest absolute Gasteiger partial charge is 0.130 e. The van der Waals surface area contributed by atoms with E-state index in [1.165, 1.54) is 0 Å². The van der Waals surface area contributed by atoms with Gasteiger partial charge < -0.3 is 18.9 Å². The van der Waals surface area contributed by atoms with E-state index >= 15 is 0 Å². The molecule has 0 bridgehead atoms. The molecule has 0 saturated heterocycles. The van der Waals surface area contributed by atoms with Crippen molar-refractivity contribution >= 4 is 6.08 Å². The Morgan fingerprint density at radius 2 is 1.53 bits per heavy atom. The van der Waals surface area contributed by atoms with Crippen molar-refractivity contribution in [2.45, 2.75) is 13.2 Å². The topological polar surface area (TPSA) is 36.9 Å². The molecule has 1 aromatic rings. The van der Waals surface area contributed by atoms with E-state index in [4.69, 9.17) is 18.9 Å². The van der Waals surface area contributed by atoms with Crippen LogP contribution in [0, 0.1) is 0 Å². The summed E-state index contributed by atoms with van der Waals surface area (Å²) in [6.45, 7) is 5.81. The molecule has 0 saturated carbocycles. The first-order valence-electron chi connectivity index (χ1n) is 6.14. The molecule has 0 radical (unpaired) electrons. The van der Waals surface area contributed by atoms with Crippen LogP contribution in [0.2, 0.25) is 0 Å². The number of methoxy groups -OCH3 is 3. The van der Waals surface area contributed by atoms with Crippen molar-refractivity contribution in [2.75, 3.05) is 34.5 Å². The van der Waals surface area contributed by atoms with Gasteiger partial charge in [-0.05, 0) is 17.7 Å². The van der Waals surface area contributed by atoms with Crippen LogP contribution in [0.3, 0.4) is 0 Å². The molecule has 0 N–H and O–H groups in total. The molecule has 106 valence electrons. The fourth-order valence-corrected chi connectivity index (χ4v) is 1.84. The SMILES string of the molecule is C=Cc1cc(COC)c(OCCOC)c(COC)c1. The van der Waals surface area contributed by atoms with Gasteiger partial charge in [-0.15, -0.1) is 0 Å². The van der Waals surface area contributed by atoms with Crippen LogP contribution in [0.4, 0.5) is 0 Å². The maximum atomic E-state index is 5.79. The van der Waals surface area contributed by atoms with Crippen LogP contribution in [-0.4, -0.2) is 34.5 Å². The molecule has 0 aromatic heterocycles. The molecule has 0 heterocycles. The average molecular weight is 266 g/mol. The van der Waals surface area contributed by atoms with E-state index in [9.17, 15) is 0 Å². The lowest BCUT2D eigenvalue weighted by molar-refractivity contribution is 0.136. The highest BCUT2D eigenvalue weighted by atomic mass is 16.5. The highest BCUT2D eigenvalue weighted by Gasteiger charge is 2.12. The lowest BCUT2D eigenvalue weighted by Crippen LogP contribution is -2.09. The summed E-state index contributed by atoms with van der Waals surface area (Å²) < 4.78 is 21.2. The van der Waals surface area contributed by atoms with E-state index < -0.39 is 0 Å². The van der Waals surface area contributed by atoms with Crippen LogP contribution >= 0.6 is 0 Å². The summed E-state index contributed by atoms with van der Waals surface area (Å²) in [4.78, 5) is 0. The highest BCUT2D eigenvalue weighted by Crippen LogP contribution is 2.28. The normalized spacial score (nSPS) is 10.5. The summed E-state index contributed by atoms with van der Waals surface area (Å²) in [5, 5.41) is 0. The van der Waals surface area contributed by atoms with E-state index in [0.717, 1.165) is 22.4 Å². The highest BCUT2D eigenvalue weighted by molar-refractivity contribution is 5.55. The lowest BCUT2D eigenvalue weighted by atomic mass is 10.0. The monoisotopic (exact) mass is 266 g/mol. The van der Waals surface area contributed by atoms with Gasteiger partial charge in [0.2, 0.25) is 0 Å². The van der Waals surface area contributed by atoms with Crippen molar-refractivity contribution < 1.29 is 18.9 Å². The van der Waals surface area contributed by atoms with Crippen LogP contribution in [0.25, 0.3) is 6.08 Å². The van der Waals surface area contributed by atoms with Crippen molar-refractivity contribution in [3.63, 3.8) is 0 Å². The second-order valence-electron chi connectivity index (χ2n) is 4.08. The zero-order valence-electron chi connectivity index (χ0n) is 11.9. The van der Waals surface area contributed by atoms with E-state index in [2.05, 4.69) is 6.58 Å². The zero-order chi connectivity index (χ0) is 14.1. The van der Waals surface area contributed by atoms with Gasteiger partial charge in [0.05, 0.1) is 19.8 Å². The Kier molecular flexibility index (Phi) is 7.18. The van der Waals surface area contributed by atoms with Gasteiger partial charge in [-0.3, -0.25) is 0 Å². The lowest BCUT2D eigenvalue weighted by Gasteiger charge is -2.16. The Labute approximate surface area is 114 Å². The first-order valence-corrected chi connectivity index (χ1v) is 6.14. The Balaban J connectivity index is 3.07. The minimum atomic E-state index is 0.487. The molecular formula is C15H22O4. The number of benzene rings is 1. The zero-order valence-corrected chi connectivity index (χ0v) is 11.9. The Hall–Kier alpha value is -1.36. The molecule has 1 aromatic carbocycles. The molecule has 0 fully saturated rings. The summed E-state index contributed by atoms with van der Waals surface area (Å²) >= 11 is 0. The fraction of sp³-hybridized carbons (Fsp3) is 0.467. The molecule has 0 unspecified atom stereocenters. The van der Waals surface area contributed by atoms with Crippen LogP contribution < -0.4 is 4.74 Å². The Bertz CT molecular complexity index is 374. The van der Waals surface area contributed by atoms with Crippen molar-refractivity contribution in [1.82, 2.24) is 0 Å². The van der Waals surface area contributed by atoms with Gasteiger partial charge in [0, 0.05) is 32.5 Å². The third-order valence-corrected chi connectivity index (χ3v) is 2.63. The van der Waals surface area contributed by atoms with Gasteiger partial charge in [0.1, 0.15) is 12.4 Å². The van der Waals surface area contributed by atoms with Gasteiger partial charge in [0.15, 0.2) is 0 Å². The third kappa shape index (κ3) is 4.67. The second kappa shape index (κ2) is 8.69. The Morgan fingerprint density at radius 3 is 1.95 bits per heavy atom. The van der Waals surface area contributed by atoms with E-state index in [-0.39, 0.29) is 0 Å². The van der Waals surface area contributed by atoms with Crippen molar-refractivity contribution in [2.24, 2.45) is 0 Å². The summed E-state index contributed by atoms with van der Waals surface area (Å²) in [5.41, 5.74) is 3.00. The van der Waals surface area contributed by atoms with Crippen molar-refractivity contribution in [3.8, 4) is 5.75 Å². The summed E-state index contributed by atoms with van der Waals surface area (Å²) in [6.07, 6.45) is 1.80. The van der Waals surface area contributed by atoms with Gasteiger partial charge in [0.25, 0.3) is 0 Å². The number of hydrogen-bond donors (Lipinski definition) is 0. The van der Waals surface area contributed by atoms with E-state index in [1.54, 1.807) is 27.4 Å². The number of rotatable bonds is 9. The largest absolute Gasteiger partial charge is 0.490 e. The second-order valence-corrected chi connectivity index (χ2v) is 4.08. The van der Waals surface area contributed by atoms with E-state index in [0.29, 0.717) is 26.4 Å². The fourth-order valence-electron chi connectivity index (χ4n) is 1.84. The standard InChI is InChI=1S/C15H22O4/c1-5-12-8-13(10-17-3)15(19-7-6-16-2)14(9-12)11-18-4/h5,8-9H,1,6-7,10-11H2,2-4H3. The third-order valence-electron chi connectivity index (χ3n) is 2.63. The van der Waals surface area contributed by atoms with Crippen molar-refractivity contribution in [3.05, 3.63) is 35.4 Å². The number of ether oxygens (including phenoxy) is 4. The molecule has 0 atom stereocenters. The van der Waals surface area contributed by atoms with Crippen LogP contribution in [0.5, 0.6) is 5.75 Å². The van der Waals surface area contributed by atoms with Crippen molar-refractivity contribution in [1.29, 1.82) is 0 Å². The first kappa shape index (κ1) is 15.7. The maximum Gasteiger partial charge on any atom is 0.130 e. The molecule has 4 heteroatoms. The van der Waals surface area contributed by atoms with Gasteiger partial charge in [-0.25, -0.2) is 0 Å². The minimum Gasteiger partial charge on any atom is -0.490 e. The average Bonchev–Trinajstić information content (AvgIpc) is 2.42. The quantitative estimate of drug-likeness (QED) is 0.644. The van der Waals surface area contributed by atoms with Gasteiger partial charge in [-0.1, -0.05) is 12.7 Å². The number of hydrogen-bond acceptors (Lipinski definition) is 4. The molecule has 0 aliphatic heterocycles. The molecular weight excluding hydrogens is 244 g/mol. The maximum absolute atomic E-state index is 5.79. The molecule has 0 spiro atoms. The Morgan fingerprint density at radius 1 is 0.947 bits per heavy atom. The van der Waals surface area contributed by atoms with Gasteiger partial charge >= 0.3 is 0 Å². The summed E-state index contributed by atoms with van der Waals surface area (Å²) in [5.74, 6) is 0.811. The minimum absolute atomic E-state index is 0.487. The predicted molar refractivity (Wildman–Crippen MR) is 75.3 cm³/mol. The molecule has 0 aliphatic carbocycles. The molecule has 1 rings (SSSR count). The van der Waals surface area contributed by atoms with E-state index in [1.807, 2.05) is 12.1 Å². The predicted octanol–water partition coefficient (Wildman–Crippen LogP) is 2.65. The molecule has 4 nitrogen and oxygen atoms in total. The van der Waals surface area contributed by atoms with Gasteiger partial charge in [-0.2, -0.15) is 0 Å². The molecule has 0 amide bonds. The first-order chi connectivity index (χ1) is 9.26. The summed E-state index contributed by atoms with van der Waals surface area (Å²) in [6, 6.07) is 4.02. The van der Waals surface area contributed by atoms with Crippen LogP contribution in [0.15, 0.2) is 18.7 Å². The molecule has 0 aliphatic rings. The molecule has 19 heavy (non-hydrogen) atoms.